The van der Waals surface area contributed by atoms with E-state index in [1.54, 1.807) is 31.4 Å². The number of carbonyl (C=O) groups is 2. The van der Waals surface area contributed by atoms with Crippen molar-refractivity contribution in [1.82, 2.24) is 9.80 Å². The fourth-order valence-electron chi connectivity index (χ4n) is 3.75. The van der Waals surface area contributed by atoms with Crippen molar-refractivity contribution in [3.63, 3.8) is 0 Å². The Labute approximate surface area is 195 Å². The zero-order valence-electron chi connectivity index (χ0n) is 19.7. The molecule has 1 aliphatic heterocycles. The second-order valence-corrected chi connectivity index (χ2v) is 8.30. The number of hydrogen-bond acceptors (Lipinski definition) is 6. The van der Waals surface area contributed by atoms with Crippen molar-refractivity contribution < 1.29 is 24.2 Å². The molecule has 1 unspecified atom stereocenters. The van der Waals surface area contributed by atoms with Crippen LogP contribution in [0.3, 0.4) is 0 Å². The fraction of sp³-hybridized carbons (Fsp3) is 0.385. The first-order valence-corrected chi connectivity index (χ1v) is 11.2. The van der Waals surface area contributed by atoms with E-state index in [1.807, 2.05) is 43.3 Å². The first kappa shape index (κ1) is 24.3. The number of likely N-dealkylation sites (N-methyl/N-ethyl adjacent to an activating group) is 1. The third kappa shape index (κ3) is 5.54. The predicted molar refractivity (Wildman–Crippen MR) is 127 cm³/mol. The molecule has 1 aliphatic rings. The molecule has 1 N–H and O–H groups in total. The van der Waals surface area contributed by atoms with E-state index >= 15 is 0 Å². The summed E-state index contributed by atoms with van der Waals surface area (Å²) in [6, 6.07) is 13.4. The van der Waals surface area contributed by atoms with Gasteiger partial charge in [0.2, 0.25) is 0 Å². The van der Waals surface area contributed by atoms with Crippen LogP contribution in [-0.4, -0.2) is 67.5 Å². The van der Waals surface area contributed by atoms with Crippen LogP contribution in [0.4, 0.5) is 0 Å². The maximum Gasteiger partial charge on any atom is 0.295 e. The number of unbranched alkanes of at least 4 members (excludes halogenated alkanes) is 1. The van der Waals surface area contributed by atoms with Gasteiger partial charge in [-0.2, -0.15) is 0 Å². The second kappa shape index (κ2) is 11.0. The van der Waals surface area contributed by atoms with Crippen LogP contribution in [0, 0.1) is 0 Å². The third-order valence-corrected chi connectivity index (χ3v) is 5.65. The number of likely N-dealkylation sites (tertiary alicyclic amines) is 1. The quantitative estimate of drug-likeness (QED) is 0.255. The van der Waals surface area contributed by atoms with Crippen molar-refractivity contribution in [2.45, 2.75) is 25.8 Å². The maximum atomic E-state index is 13.1. The molecule has 176 valence electrons. The van der Waals surface area contributed by atoms with Gasteiger partial charge in [-0.05, 0) is 62.5 Å². The SMILES string of the molecule is CCCCOc1ccc(C2C(=C(O)c3ccc(OC)cc3)C(=O)C(=O)N2CCN(C)C)cc1. The lowest BCUT2D eigenvalue weighted by atomic mass is 9.95. The Morgan fingerprint density at radius 1 is 1.03 bits per heavy atom. The second-order valence-electron chi connectivity index (χ2n) is 8.30. The third-order valence-electron chi connectivity index (χ3n) is 5.65. The summed E-state index contributed by atoms with van der Waals surface area (Å²) in [5.41, 5.74) is 1.28. The Morgan fingerprint density at radius 3 is 2.24 bits per heavy atom. The van der Waals surface area contributed by atoms with E-state index in [-0.39, 0.29) is 11.3 Å². The van der Waals surface area contributed by atoms with Gasteiger partial charge in [0.15, 0.2) is 0 Å². The molecule has 2 aromatic carbocycles. The Bertz CT molecular complexity index is 996. The number of aliphatic hydroxyl groups is 1. The van der Waals surface area contributed by atoms with E-state index in [2.05, 4.69) is 6.92 Å². The van der Waals surface area contributed by atoms with Crippen molar-refractivity contribution in [3.8, 4) is 11.5 Å². The zero-order valence-corrected chi connectivity index (χ0v) is 19.7. The van der Waals surface area contributed by atoms with Gasteiger partial charge in [-0.1, -0.05) is 25.5 Å². The van der Waals surface area contributed by atoms with Gasteiger partial charge in [0.1, 0.15) is 17.3 Å². The Hall–Kier alpha value is -3.32. The average molecular weight is 453 g/mol. The van der Waals surface area contributed by atoms with Gasteiger partial charge in [-0.15, -0.1) is 0 Å². The molecule has 1 atom stereocenters. The predicted octanol–water partition coefficient (Wildman–Crippen LogP) is 3.86. The number of benzene rings is 2. The molecule has 1 saturated heterocycles. The number of carbonyl (C=O) groups excluding carboxylic acids is 2. The number of Topliss-reactive ketones (excluding diaryl/α,β-unsaturated/α-hetero) is 1. The summed E-state index contributed by atoms with van der Waals surface area (Å²) >= 11 is 0. The lowest BCUT2D eigenvalue weighted by molar-refractivity contribution is -0.140. The molecule has 7 heteroatoms. The molecule has 0 saturated carbocycles. The van der Waals surface area contributed by atoms with Crippen LogP contribution in [-0.2, 0) is 9.59 Å². The van der Waals surface area contributed by atoms with Crippen molar-refractivity contribution in [2.75, 3.05) is 40.9 Å². The topological polar surface area (TPSA) is 79.3 Å². The highest BCUT2D eigenvalue weighted by Crippen LogP contribution is 2.39. The Kier molecular flexibility index (Phi) is 8.11. The number of hydrogen-bond donors (Lipinski definition) is 1. The summed E-state index contributed by atoms with van der Waals surface area (Å²) in [6.45, 7) is 3.68. The molecule has 7 nitrogen and oxygen atoms in total. The molecule has 0 aliphatic carbocycles. The number of aliphatic hydroxyl groups excluding tert-OH is 1. The lowest BCUT2D eigenvalue weighted by Crippen LogP contribution is -2.35. The van der Waals surface area contributed by atoms with Gasteiger partial charge < -0.3 is 24.4 Å². The number of amides is 1. The Balaban J connectivity index is 2.02. The van der Waals surface area contributed by atoms with E-state index in [4.69, 9.17) is 9.47 Å². The normalized spacial score (nSPS) is 17.6. The summed E-state index contributed by atoms with van der Waals surface area (Å²) in [7, 11) is 5.37. The molecule has 33 heavy (non-hydrogen) atoms. The number of nitrogens with zero attached hydrogens (tertiary/aromatic N) is 2. The summed E-state index contributed by atoms with van der Waals surface area (Å²) in [5, 5.41) is 11.1. The molecule has 1 heterocycles. The standard InChI is InChI=1S/C26H32N2O5/c1-5-6-17-33-21-13-7-18(8-14-21)23-22(24(29)19-9-11-20(32-4)12-10-19)25(30)26(31)28(23)16-15-27(2)3/h7-14,23,29H,5-6,15-17H2,1-4H3. The van der Waals surface area contributed by atoms with Crippen LogP contribution in [0.25, 0.3) is 5.76 Å². The molecule has 0 aromatic heterocycles. The molecule has 3 rings (SSSR count). The van der Waals surface area contributed by atoms with Crippen molar-refractivity contribution in [2.24, 2.45) is 0 Å². The van der Waals surface area contributed by atoms with Crippen LogP contribution in [0.5, 0.6) is 11.5 Å². The molecule has 2 aromatic rings. The summed E-state index contributed by atoms with van der Waals surface area (Å²) < 4.78 is 10.9. The van der Waals surface area contributed by atoms with E-state index in [9.17, 15) is 14.7 Å². The zero-order chi connectivity index (χ0) is 24.0. The van der Waals surface area contributed by atoms with Gasteiger partial charge in [-0.3, -0.25) is 9.59 Å². The van der Waals surface area contributed by atoms with Crippen molar-refractivity contribution >= 4 is 17.4 Å². The minimum atomic E-state index is -0.685. The van der Waals surface area contributed by atoms with E-state index in [1.165, 1.54) is 4.90 Å². The maximum absolute atomic E-state index is 13.1. The van der Waals surface area contributed by atoms with E-state index in [0.29, 0.717) is 31.0 Å². The molecule has 1 fully saturated rings. The largest absolute Gasteiger partial charge is 0.507 e. The minimum Gasteiger partial charge on any atom is -0.507 e. The number of rotatable bonds is 10. The number of ether oxygens (including phenoxy) is 2. The highest BCUT2D eigenvalue weighted by atomic mass is 16.5. The highest BCUT2D eigenvalue weighted by Gasteiger charge is 2.45. The van der Waals surface area contributed by atoms with Crippen LogP contribution in [0.1, 0.15) is 36.9 Å². The highest BCUT2D eigenvalue weighted by molar-refractivity contribution is 6.46. The number of ketones is 1. The summed E-state index contributed by atoms with van der Waals surface area (Å²) in [4.78, 5) is 29.5. The number of methoxy groups -OCH3 is 1. The first-order chi connectivity index (χ1) is 15.9. The minimum absolute atomic E-state index is 0.0866. The molecule has 0 spiro atoms. The Morgan fingerprint density at radius 2 is 1.67 bits per heavy atom. The molecule has 0 bridgehead atoms. The molecular weight excluding hydrogens is 420 g/mol. The van der Waals surface area contributed by atoms with Gasteiger partial charge in [-0.25, -0.2) is 0 Å². The van der Waals surface area contributed by atoms with E-state index < -0.39 is 17.7 Å². The molecule has 1 amide bonds. The van der Waals surface area contributed by atoms with Gasteiger partial charge in [0.05, 0.1) is 25.3 Å². The summed E-state index contributed by atoms with van der Waals surface area (Å²) in [6.07, 6.45) is 2.01. The van der Waals surface area contributed by atoms with Gasteiger partial charge in [0.25, 0.3) is 11.7 Å². The lowest BCUT2D eigenvalue weighted by Gasteiger charge is -2.26. The van der Waals surface area contributed by atoms with Crippen LogP contribution in [0.2, 0.25) is 0 Å². The van der Waals surface area contributed by atoms with Gasteiger partial charge >= 0.3 is 0 Å². The van der Waals surface area contributed by atoms with E-state index in [0.717, 1.165) is 24.2 Å². The molecule has 0 radical (unpaired) electrons. The monoisotopic (exact) mass is 452 g/mol. The fourth-order valence-corrected chi connectivity index (χ4v) is 3.75. The molecular formula is C26H32N2O5. The van der Waals surface area contributed by atoms with Gasteiger partial charge in [0, 0.05) is 18.7 Å². The smallest absolute Gasteiger partial charge is 0.295 e. The van der Waals surface area contributed by atoms with Crippen molar-refractivity contribution in [1.29, 1.82) is 0 Å². The van der Waals surface area contributed by atoms with Crippen LogP contribution >= 0.6 is 0 Å². The summed E-state index contributed by atoms with van der Waals surface area (Å²) in [5.74, 6) is -0.132. The van der Waals surface area contributed by atoms with Crippen LogP contribution in [0.15, 0.2) is 54.1 Å². The average Bonchev–Trinajstić information content (AvgIpc) is 3.07. The van der Waals surface area contributed by atoms with Crippen molar-refractivity contribution in [3.05, 3.63) is 65.2 Å². The first-order valence-electron chi connectivity index (χ1n) is 11.2. The van der Waals surface area contributed by atoms with Crippen LogP contribution < -0.4 is 9.47 Å².